The lowest BCUT2D eigenvalue weighted by Crippen LogP contribution is -2.33. The summed E-state index contributed by atoms with van der Waals surface area (Å²) in [6.07, 6.45) is 7.54. The highest BCUT2D eigenvalue weighted by Gasteiger charge is 2.40. The van der Waals surface area contributed by atoms with E-state index >= 15 is 0 Å². The molecule has 1 heteroatoms. The van der Waals surface area contributed by atoms with E-state index in [0.717, 1.165) is 5.69 Å². The topological polar surface area (TPSA) is 12.9 Å². The lowest BCUT2D eigenvalue weighted by molar-refractivity contribution is 0.0973. The largest absolute Gasteiger partial charge is 0.253 e. The van der Waals surface area contributed by atoms with Gasteiger partial charge in [-0.05, 0) is 276 Å². The Morgan fingerprint density at radius 1 is 0.323 bits per heavy atom. The Kier molecular flexibility index (Phi) is 24.9. The van der Waals surface area contributed by atoms with Crippen molar-refractivity contribution in [2.24, 2.45) is 10.8 Å². The number of pyridine rings is 1. The number of nitrogens with zero attached hydrogens (tertiary/aromatic N) is 1. The first-order valence-corrected chi connectivity index (χ1v) is 38.3. The van der Waals surface area contributed by atoms with Gasteiger partial charge >= 0.3 is 0 Å². The lowest BCUT2D eigenvalue weighted by atomic mass is 9.59. The van der Waals surface area contributed by atoms with E-state index in [9.17, 15) is 0 Å². The van der Waals surface area contributed by atoms with Gasteiger partial charge in [0.05, 0.1) is 5.52 Å². The summed E-state index contributed by atoms with van der Waals surface area (Å²) >= 11 is 0. The van der Waals surface area contributed by atoms with E-state index in [4.69, 9.17) is 4.98 Å². The predicted molar refractivity (Wildman–Crippen MR) is 446 cm³/mol. The minimum Gasteiger partial charge on any atom is -0.253 e. The molecule has 9 aromatic rings. The van der Waals surface area contributed by atoms with Gasteiger partial charge in [0.1, 0.15) is 0 Å². The summed E-state index contributed by atoms with van der Waals surface area (Å²) in [6.45, 7) is 83.0. The highest BCUT2D eigenvalue weighted by Crippen LogP contribution is 2.54. The summed E-state index contributed by atoms with van der Waals surface area (Å²) in [5, 5.41) is 9.93. The zero-order chi connectivity index (χ0) is 75.1. The molecule has 0 amide bonds. The Bertz CT molecular complexity index is 4260. The average molecular weight is 1330 g/mol. The van der Waals surface area contributed by atoms with Crippen molar-refractivity contribution in [2.45, 2.75) is 337 Å². The Hall–Kier alpha value is -6.05. The van der Waals surface area contributed by atoms with Crippen LogP contribution in [0.15, 0.2) is 121 Å². The van der Waals surface area contributed by atoms with Crippen LogP contribution < -0.4 is 0 Å². The minimum atomic E-state index is 0.104. The summed E-state index contributed by atoms with van der Waals surface area (Å²) < 4.78 is 0. The highest BCUT2D eigenvalue weighted by atomic mass is 14.7. The van der Waals surface area contributed by atoms with Crippen LogP contribution in [-0.4, -0.2) is 4.98 Å². The van der Waals surface area contributed by atoms with Gasteiger partial charge in [0, 0.05) is 11.1 Å². The van der Waals surface area contributed by atoms with Crippen molar-refractivity contribution in [3.05, 3.63) is 216 Å². The zero-order valence-corrected chi connectivity index (χ0v) is 70.3. The van der Waals surface area contributed by atoms with Crippen molar-refractivity contribution < 1.29 is 0 Å². The van der Waals surface area contributed by atoms with E-state index in [2.05, 4.69) is 371 Å². The predicted octanol–water partition coefficient (Wildman–Crippen LogP) is 29.8. The second kappa shape index (κ2) is 30.1. The molecular formula is C98H141N. The van der Waals surface area contributed by atoms with Crippen molar-refractivity contribution in [2.75, 3.05) is 0 Å². The van der Waals surface area contributed by atoms with Crippen LogP contribution in [0.4, 0.5) is 0 Å². The molecule has 1 aliphatic carbocycles. The molecule has 0 saturated heterocycles. The van der Waals surface area contributed by atoms with Gasteiger partial charge in [-0.3, -0.25) is 4.98 Å². The molecule has 0 radical (unpaired) electrons. The third-order valence-corrected chi connectivity index (χ3v) is 22.4. The summed E-state index contributed by atoms with van der Waals surface area (Å²) in [4.78, 5) is 4.83. The maximum Gasteiger partial charge on any atom is 0.0745 e. The van der Waals surface area contributed by atoms with Crippen LogP contribution in [0.25, 0.3) is 43.2 Å². The number of aromatic nitrogens is 1. The lowest BCUT2D eigenvalue weighted by Gasteiger charge is -2.45. The molecule has 538 valence electrons. The highest BCUT2D eigenvalue weighted by molar-refractivity contribution is 5.93. The maximum atomic E-state index is 4.83. The van der Waals surface area contributed by atoms with Crippen molar-refractivity contribution in [3.8, 4) is 0 Å². The zero-order valence-electron chi connectivity index (χ0n) is 70.3. The van der Waals surface area contributed by atoms with E-state index in [1.807, 2.05) is 0 Å². The quantitative estimate of drug-likeness (QED) is 0.167. The van der Waals surface area contributed by atoms with Gasteiger partial charge in [0.2, 0.25) is 0 Å². The van der Waals surface area contributed by atoms with Crippen LogP contribution in [0.3, 0.4) is 0 Å². The normalized spacial score (nSPS) is 14.8. The molecule has 1 nitrogen and oxygen atoms in total. The van der Waals surface area contributed by atoms with Gasteiger partial charge in [-0.1, -0.05) is 315 Å². The van der Waals surface area contributed by atoms with Crippen LogP contribution in [0, 0.1) is 66.2 Å². The maximum absolute atomic E-state index is 4.83. The molecule has 0 atom stereocenters. The number of aryl methyl sites for hydroxylation is 7. The molecule has 99 heavy (non-hydrogen) atoms. The number of benzene rings is 8. The van der Waals surface area contributed by atoms with Gasteiger partial charge in [-0.2, -0.15) is 0 Å². The van der Waals surface area contributed by atoms with E-state index in [-0.39, 0.29) is 37.9 Å². The Morgan fingerprint density at radius 2 is 0.636 bits per heavy atom. The molecule has 10 rings (SSSR count). The Morgan fingerprint density at radius 3 is 1.02 bits per heavy atom. The van der Waals surface area contributed by atoms with Gasteiger partial charge < -0.3 is 0 Å². The first kappa shape index (κ1) is 81.9. The number of rotatable bonds is 5. The molecule has 0 bridgehead atoms. The first-order chi connectivity index (χ1) is 45.2. The molecule has 0 unspecified atom stereocenters. The van der Waals surface area contributed by atoms with Gasteiger partial charge in [-0.25, -0.2) is 0 Å². The van der Waals surface area contributed by atoms with Crippen LogP contribution in [-0.2, 0) is 43.3 Å². The second-order valence-electron chi connectivity index (χ2n) is 39.4. The van der Waals surface area contributed by atoms with Crippen LogP contribution in [0.1, 0.15) is 333 Å². The van der Waals surface area contributed by atoms with Gasteiger partial charge in [0.15, 0.2) is 0 Å². The summed E-state index contributed by atoms with van der Waals surface area (Å²) in [6, 6.07) is 45.7. The standard InChI is InChI=1S/C25H36.C22H32.C19H27N.C19H26.C13H20/c1-17-19-11-9-10-12-20(19)21(13-22(17)23(2,3)4)18-14-24(5,6)16-25(7,8)15-18;1-8-22(9-2,10-3)20-15-19(21(5,6)7)16(4)17-13-11-12-14-18(17)20;1-12-9-10-14-13(2)15(18(3,4)5)11-16(17(14)20-12)19(6,7)8;1-13-14-10-8-9-11-15(14)17(19(5,6)7)12-16(13)18(2,3)4;1-9-7-10(2)11(3)12(8-9)13(4,5)6/h9-13,18H,14-16H2,1-8H3;11-15H,8-10H2,1-7H3;9-11H,1-8H3;8-12H,1-7H3;7-8H,1-6H3. The van der Waals surface area contributed by atoms with Crippen molar-refractivity contribution in [1.82, 2.24) is 4.98 Å². The third-order valence-electron chi connectivity index (χ3n) is 22.4. The number of hydrogen-bond donors (Lipinski definition) is 0. The summed E-state index contributed by atoms with van der Waals surface area (Å²) in [7, 11) is 0. The molecular weight excluding hydrogens is 1190 g/mol. The Labute approximate surface area is 608 Å². The fraction of sp³-hybridized carbons (Fsp3) is 0.541. The fourth-order valence-corrected chi connectivity index (χ4v) is 17.4. The molecule has 1 heterocycles. The molecule has 0 spiro atoms. The minimum absolute atomic E-state index is 0.104. The molecule has 1 aromatic heterocycles. The fourth-order valence-electron chi connectivity index (χ4n) is 17.4. The van der Waals surface area contributed by atoms with Crippen LogP contribution in [0.5, 0.6) is 0 Å². The average Bonchev–Trinajstić information content (AvgIpc) is 0.740. The monoisotopic (exact) mass is 1330 g/mol. The second-order valence-corrected chi connectivity index (χ2v) is 39.4. The summed E-state index contributed by atoms with van der Waals surface area (Å²) in [5.74, 6) is 0.658. The molecule has 1 saturated carbocycles. The van der Waals surface area contributed by atoms with Gasteiger partial charge in [-0.15, -0.1) is 0 Å². The van der Waals surface area contributed by atoms with E-state index in [1.54, 1.807) is 11.1 Å². The number of fused-ring (bicyclic) bond motifs is 4. The van der Waals surface area contributed by atoms with E-state index in [0.29, 0.717) is 22.2 Å². The molecule has 8 aromatic carbocycles. The summed E-state index contributed by atoms with van der Waals surface area (Å²) in [5.41, 5.74) is 27.9. The first-order valence-electron chi connectivity index (χ1n) is 38.3. The van der Waals surface area contributed by atoms with Crippen LogP contribution in [0.2, 0.25) is 0 Å². The van der Waals surface area contributed by atoms with Crippen molar-refractivity contribution >= 4 is 43.2 Å². The van der Waals surface area contributed by atoms with E-state index in [1.165, 1.54) is 160 Å². The molecule has 0 aliphatic heterocycles. The SMILES string of the molecule is CCC(CC)(CC)c1cc(C(C)(C)C)c(C)c2ccccc12.Cc1c(C(C)(C)C)cc(C(C)(C)C)c2ccccc12.Cc1c(C(C)(C)C)cc(C2CC(C)(C)CC(C)(C)C2)c2ccccc12.Cc1cc(C)c(C)c(C(C)(C)C)c1.Cc1ccc2c(C)c(C(C)(C)C)cc(C(C)(C)C)c2n1. The third kappa shape index (κ3) is 19.2. The molecule has 1 aliphatic rings. The van der Waals surface area contributed by atoms with Crippen molar-refractivity contribution in [3.63, 3.8) is 0 Å². The Balaban J connectivity index is 0.000000198. The van der Waals surface area contributed by atoms with Gasteiger partial charge in [0.25, 0.3) is 0 Å². The number of hydrogen-bond acceptors (Lipinski definition) is 1. The van der Waals surface area contributed by atoms with E-state index < -0.39 is 0 Å². The molecule has 0 N–H and O–H groups in total. The smallest absolute Gasteiger partial charge is 0.0745 e. The van der Waals surface area contributed by atoms with Crippen LogP contribution >= 0.6 is 0 Å². The van der Waals surface area contributed by atoms with Crippen molar-refractivity contribution in [1.29, 1.82) is 0 Å². The molecule has 1 fully saturated rings.